The SMILES string of the molecule is COC(=O)c1cccn2nc(CC3CCCN(C)C3)nc12. The van der Waals surface area contributed by atoms with Gasteiger partial charge in [0, 0.05) is 19.2 Å². The first-order valence-corrected chi connectivity index (χ1v) is 7.28. The Hall–Kier alpha value is -1.95. The molecule has 112 valence electrons. The number of likely N-dealkylation sites (tertiary alicyclic amines) is 1. The quantitative estimate of drug-likeness (QED) is 0.799. The highest BCUT2D eigenvalue weighted by molar-refractivity contribution is 5.95. The summed E-state index contributed by atoms with van der Waals surface area (Å²) in [6, 6.07) is 3.50. The number of carbonyl (C=O) groups is 1. The number of methoxy groups -OCH3 is 1. The van der Waals surface area contributed by atoms with Crippen molar-refractivity contribution in [1.82, 2.24) is 19.5 Å². The topological polar surface area (TPSA) is 59.7 Å². The Morgan fingerprint density at radius 2 is 2.38 bits per heavy atom. The molecule has 0 spiro atoms. The lowest BCUT2D eigenvalue weighted by Gasteiger charge is -2.28. The van der Waals surface area contributed by atoms with Crippen molar-refractivity contribution in [3.8, 4) is 0 Å². The summed E-state index contributed by atoms with van der Waals surface area (Å²) in [5.41, 5.74) is 1.03. The molecule has 1 unspecified atom stereocenters. The highest BCUT2D eigenvalue weighted by Crippen LogP contribution is 2.19. The van der Waals surface area contributed by atoms with Crippen molar-refractivity contribution >= 4 is 11.6 Å². The van der Waals surface area contributed by atoms with E-state index in [1.807, 2.05) is 6.20 Å². The number of aromatic nitrogens is 3. The van der Waals surface area contributed by atoms with Gasteiger partial charge in [0.05, 0.1) is 7.11 Å². The maximum absolute atomic E-state index is 11.8. The minimum Gasteiger partial charge on any atom is -0.465 e. The van der Waals surface area contributed by atoms with Gasteiger partial charge in [-0.2, -0.15) is 5.10 Å². The zero-order valence-electron chi connectivity index (χ0n) is 12.5. The number of piperidine rings is 1. The second-order valence-electron chi connectivity index (χ2n) is 5.68. The third-order valence-corrected chi connectivity index (χ3v) is 4.00. The smallest absolute Gasteiger partial charge is 0.341 e. The van der Waals surface area contributed by atoms with Crippen LogP contribution in [0.2, 0.25) is 0 Å². The summed E-state index contributed by atoms with van der Waals surface area (Å²) in [6.07, 6.45) is 5.10. The van der Waals surface area contributed by atoms with E-state index in [2.05, 4.69) is 22.0 Å². The molecule has 3 rings (SSSR count). The van der Waals surface area contributed by atoms with Gasteiger partial charge in [-0.1, -0.05) is 0 Å². The summed E-state index contributed by atoms with van der Waals surface area (Å²) >= 11 is 0. The molecule has 1 aliphatic heterocycles. The van der Waals surface area contributed by atoms with Crippen molar-refractivity contribution in [3.05, 3.63) is 29.7 Å². The van der Waals surface area contributed by atoms with Crippen molar-refractivity contribution in [3.63, 3.8) is 0 Å². The average molecular weight is 288 g/mol. The molecule has 0 amide bonds. The molecule has 21 heavy (non-hydrogen) atoms. The average Bonchev–Trinajstić information content (AvgIpc) is 2.88. The lowest BCUT2D eigenvalue weighted by molar-refractivity contribution is 0.0602. The van der Waals surface area contributed by atoms with Crippen LogP contribution >= 0.6 is 0 Å². The first kappa shape index (κ1) is 14.0. The second kappa shape index (κ2) is 5.81. The molecule has 1 fully saturated rings. The fourth-order valence-electron chi connectivity index (χ4n) is 3.00. The van der Waals surface area contributed by atoms with E-state index in [-0.39, 0.29) is 5.97 Å². The van der Waals surface area contributed by atoms with Crippen LogP contribution in [-0.4, -0.2) is 52.7 Å². The molecule has 1 saturated heterocycles. The van der Waals surface area contributed by atoms with Crippen molar-refractivity contribution < 1.29 is 9.53 Å². The highest BCUT2D eigenvalue weighted by atomic mass is 16.5. The highest BCUT2D eigenvalue weighted by Gasteiger charge is 2.20. The lowest BCUT2D eigenvalue weighted by Crippen LogP contribution is -2.33. The fraction of sp³-hybridized carbons (Fsp3) is 0.533. The zero-order valence-corrected chi connectivity index (χ0v) is 12.5. The molecule has 1 aliphatic rings. The minimum absolute atomic E-state index is 0.378. The Kier molecular flexibility index (Phi) is 3.88. The molecule has 0 aliphatic carbocycles. The van der Waals surface area contributed by atoms with Crippen molar-refractivity contribution in [2.45, 2.75) is 19.3 Å². The lowest BCUT2D eigenvalue weighted by atomic mass is 9.95. The molecule has 0 bridgehead atoms. The number of esters is 1. The molecular formula is C15H20N4O2. The maximum Gasteiger partial charge on any atom is 0.341 e. The van der Waals surface area contributed by atoms with Gasteiger partial charge in [0.25, 0.3) is 0 Å². The number of carbonyl (C=O) groups excluding carboxylic acids is 1. The van der Waals surface area contributed by atoms with E-state index in [9.17, 15) is 4.79 Å². The number of hydrogen-bond acceptors (Lipinski definition) is 5. The molecule has 6 heteroatoms. The maximum atomic E-state index is 11.8. The van der Waals surface area contributed by atoms with Gasteiger partial charge in [-0.15, -0.1) is 0 Å². The van der Waals surface area contributed by atoms with Gasteiger partial charge in [-0.3, -0.25) is 0 Å². The summed E-state index contributed by atoms with van der Waals surface area (Å²) in [5.74, 6) is 1.01. The van der Waals surface area contributed by atoms with Gasteiger partial charge in [-0.25, -0.2) is 14.3 Å². The minimum atomic E-state index is -0.378. The van der Waals surface area contributed by atoms with Crippen LogP contribution in [0, 0.1) is 5.92 Å². The van der Waals surface area contributed by atoms with Crippen LogP contribution in [0.3, 0.4) is 0 Å². The monoisotopic (exact) mass is 288 g/mol. The van der Waals surface area contributed by atoms with Gasteiger partial charge >= 0.3 is 5.97 Å². The van der Waals surface area contributed by atoms with E-state index in [4.69, 9.17) is 4.74 Å². The molecule has 1 atom stereocenters. The Bertz CT molecular complexity index is 652. The van der Waals surface area contributed by atoms with E-state index >= 15 is 0 Å². The predicted molar refractivity (Wildman–Crippen MR) is 78.3 cm³/mol. The molecule has 0 saturated carbocycles. The van der Waals surface area contributed by atoms with Crippen LogP contribution < -0.4 is 0 Å². The van der Waals surface area contributed by atoms with Crippen molar-refractivity contribution in [2.75, 3.05) is 27.2 Å². The fourth-order valence-corrected chi connectivity index (χ4v) is 3.00. The first-order chi connectivity index (χ1) is 10.2. The summed E-state index contributed by atoms with van der Waals surface area (Å²) in [6.45, 7) is 2.25. The van der Waals surface area contributed by atoms with Crippen LogP contribution in [0.4, 0.5) is 0 Å². The summed E-state index contributed by atoms with van der Waals surface area (Å²) < 4.78 is 6.45. The van der Waals surface area contributed by atoms with E-state index in [1.165, 1.54) is 26.5 Å². The number of hydrogen-bond donors (Lipinski definition) is 0. The molecule has 6 nitrogen and oxygen atoms in total. The predicted octanol–water partition coefficient (Wildman–Crippen LogP) is 1.40. The molecule has 3 heterocycles. The Labute approximate surface area is 123 Å². The third-order valence-electron chi connectivity index (χ3n) is 4.00. The summed E-state index contributed by atoms with van der Waals surface area (Å²) in [5, 5.41) is 4.49. The molecule has 0 radical (unpaired) electrons. The van der Waals surface area contributed by atoms with Crippen LogP contribution in [0.5, 0.6) is 0 Å². The van der Waals surface area contributed by atoms with Crippen LogP contribution in [0.25, 0.3) is 5.65 Å². The standard InChI is InChI=1S/C15H20N4O2/c1-18-7-3-5-11(10-18)9-13-16-14-12(15(20)21-2)6-4-8-19(14)17-13/h4,6,8,11H,3,5,7,9-10H2,1-2H3. The Balaban J connectivity index is 1.85. The molecule has 2 aromatic heterocycles. The first-order valence-electron chi connectivity index (χ1n) is 7.28. The molecule has 0 aromatic carbocycles. The number of ether oxygens (including phenoxy) is 1. The van der Waals surface area contributed by atoms with Crippen LogP contribution in [0.1, 0.15) is 29.0 Å². The number of pyridine rings is 1. The van der Waals surface area contributed by atoms with Crippen molar-refractivity contribution in [1.29, 1.82) is 0 Å². The van der Waals surface area contributed by atoms with Crippen LogP contribution in [-0.2, 0) is 11.2 Å². The van der Waals surface area contributed by atoms with E-state index in [0.29, 0.717) is 17.1 Å². The largest absolute Gasteiger partial charge is 0.465 e. The third kappa shape index (κ3) is 2.90. The second-order valence-corrected chi connectivity index (χ2v) is 5.68. The molecule has 2 aromatic rings. The zero-order chi connectivity index (χ0) is 14.8. The number of fused-ring (bicyclic) bond motifs is 1. The van der Waals surface area contributed by atoms with Crippen LogP contribution in [0.15, 0.2) is 18.3 Å². The van der Waals surface area contributed by atoms with E-state index in [0.717, 1.165) is 18.8 Å². The van der Waals surface area contributed by atoms with Gasteiger partial charge in [-0.05, 0) is 44.5 Å². The number of rotatable bonds is 3. The van der Waals surface area contributed by atoms with Gasteiger partial charge in [0.2, 0.25) is 0 Å². The van der Waals surface area contributed by atoms with Gasteiger partial charge < -0.3 is 9.64 Å². The van der Waals surface area contributed by atoms with Gasteiger partial charge in [0.15, 0.2) is 11.5 Å². The van der Waals surface area contributed by atoms with E-state index < -0.39 is 0 Å². The summed E-state index contributed by atoms with van der Waals surface area (Å²) in [4.78, 5) is 18.6. The van der Waals surface area contributed by atoms with Crippen molar-refractivity contribution in [2.24, 2.45) is 5.92 Å². The summed E-state index contributed by atoms with van der Waals surface area (Å²) in [7, 11) is 3.53. The molecular weight excluding hydrogens is 268 g/mol. The molecule has 0 N–H and O–H groups in total. The van der Waals surface area contributed by atoms with E-state index in [1.54, 1.807) is 16.6 Å². The Morgan fingerprint density at radius 1 is 1.52 bits per heavy atom. The van der Waals surface area contributed by atoms with Gasteiger partial charge in [0.1, 0.15) is 5.56 Å². The number of nitrogens with zero attached hydrogens (tertiary/aromatic N) is 4. The Morgan fingerprint density at radius 3 is 3.14 bits per heavy atom. The normalized spacial score (nSPS) is 19.8.